The van der Waals surface area contributed by atoms with E-state index in [1.54, 1.807) is 23.7 Å². The number of ether oxygens (including phenoxy) is 1. The first-order chi connectivity index (χ1) is 16.6. The van der Waals surface area contributed by atoms with Crippen molar-refractivity contribution >= 4 is 39.1 Å². The number of hydrogen-bond acceptors (Lipinski definition) is 11. The van der Waals surface area contributed by atoms with E-state index < -0.39 is 0 Å². The SMILES string of the molecule is Nc1ncc(-c2nc(N3CCOCC3)c3sc(-c4ccc(N5CCC(O)C5)nc4)cc3n2)cn1. The fourth-order valence-electron chi connectivity index (χ4n) is 4.30. The summed E-state index contributed by atoms with van der Waals surface area (Å²) >= 11 is 1.66. The van der Waals surface area contributed by atoms with Gasteiger partial charge < -0.3 is 25.4 Å². The molecule has 0 aliphatic carbocycles. The third-order valence-corrected chi connectivity index (χ3v) is 7.28. The maximum atomic E-state index is 9.82. The van der Waals surface area contributed by atoms with Gasteiger partial charge in [-0.1, -0.05) is 0 Å². The average Bonchev–Trinajstić information content (AvgIpc) is 3.51. The number of nitrogens with two attached hydrogens (primary N) is 1. The molecule has 34 heavy (non-hydrogen) atoms. The molecule has 2 aliphatic heterocycles. The summed E-state index contributed by atoms with van der Waals surface area (Å²) in [5.74, 6) is 2.57. The predicted molar refractivity (Wildman–Crippen MR) is 132 cm³/mol. The lowest BCUT2D eigenvalue weighted by Gasteiger charge is -2.28. The molecule has 11 heteroatoms. The van der Waals surface area contributed by atoms with Crippen molar-refractivity contribution in [2.45, 2.75) is 12.5 Å². The van der Waals surface area contributed by atoms with Crippen LogP contribution in [0.3, 0.4) is 0 Å². The van der Waals surface area contributed by atoms with E-state index in [-0.39, 0.29) is 12.1 Å². The van der Waals surface area contributed by atoms with Crippen molar-refractivity contribution in [3.8, 4) is 21.8 Å². The first-order valence-electron chi connectivity index (χ1n) is 11.3. The first-order valence-corrected chi connectivity index (χ1v) is 12.1. The van der Waals surface area contributed by atoms with Crippen molar-refractivity contribution in [1.82, 2.24) is 24.9 Å². The lowest BCUT2D eigenvalue weighted by Crippen LogP contribution is -2.36. The number of hydrogen-bond donors (Lipinski definition) is 2. The number of nitrogen functional groups attached to an aromatic ring is 1. The number of aliphatic hydroxyl groups excluding tert-OH is 1. The highest BCUT2D eigenvalue weighted by molar-refractivity contribution is 7.22. The molecule has 6 heterocycles. The number of β-amino-alcohol motifs (C(OH)–C–C–N with tert-alkyl or cyclic N) is 1. The number of aliphatic hydroxyl groups is 1. The van der Waals surface area contributed by atoms with Crippen molar-refractivity contribution in [2.24, 2.45) is 0 Å². The normalized spacial score (nSPS) is 18.7. The maximum absolute atomic E-state index is 9.82. The van der Waals surface area contributed by atoms with Crippen LogP contribution in [0.5, 0.6) is 0 Å². The van der Waals surface area contributed by atoms with E-state index in [1.807, 2.05) is 12.3 Å². The number of nitrogens with zero attached hydrogens (tertiary/aromatic N) is 7. The lowest BCUT2D eigenvalue weighted by molar-refractivity contribution is 0.122. The van der Waals surface area contributed by atoms with E-state index in [1.165, 1.54) is 0 Å². The summed E-state index contributed by atoms with van der Waals surface area (Å²) in [5, 5.41) is 9.82. The molecule has 1 unspecified atom stereocenters. The highest BCUT2D eigenvalue weighted by Gasteiger charge is 2.23. The largest absolute Gasteiger partial charge is 0.391 e. The molecule has 2 aliphatic rings. The third kappa shape index (κ3) is 4.02. The molecular formula is C23H24N8O2S. The number of morpholine rings is 1. The van der Waals surface area contributed by atoms with E-state index in [2.05, 4.69) is 36.9 Å². The van der Waals surface area contributed by atoms with E-state index in [4.69, 9.17) is 20.4 Å². The summed E-state index contributed by atoms with van der Waals surface area (Å²) in [6.45, 7) is 4.34. The second-order valence-corrected chi connectivity index (χ2v) is 9.47. The van der Waals surface area contributed by atoms with Gasteiger partial charge in [0.25, 0.3) is 0 Å². The zero-order valence-electron chi connectivity index (χ0n) is 18.5. The fourth-order valence-corrected chi connectivity index (χ4v) is 5.40. The van der Waals surface area contributed by atoms with Gasteiger partial charge in [-0.15, -0.1) is 11.3 Å². The van der Waals surface area contributed by atoms with Crippen LogP contribution in [0.2, 0.25) is 0 Å². The van der Waals surface area contributed by atoms with Crippen LogP contribution in [-0.4, -0.2) is 75.5 Å². The Morgan fingerprint density at radius 2 is 1.76 bits per heavy atom. The Balaban J connectivity index is 1.40. The molecule has 4 aromatic rings. The molecule has 0 bridgehead atoms. The number of thiophene rings is 1. The number of anilines is 3. The second-order valence-electron chi connectivity index (χ2n) is 8.42. The Labute approximate surface area is 200 Å². The molecule has 0 aromatic carbocycles. The van der Waals surface area contributed by atoms with Crippen molar-refractivity contribution in [3.05, 3.63) is 36.8 Å². The first kappa shape index (κ1) is 21.1. The van der Waals surface area contributed by atoms with Crippen molar-refractivity contribution < 1.29 is 9.84 Å². The summed E-state index contributed by atoms with van der Waals surface area (Å²) in [5.41, 5.74) is 8.28. The lowest BCUT2D eigenvalue weighted by atomic mass is 10.2. The van der Waals surface area contributed by atoms with Crippen LogP contribution in [0.4, 0.5) is 17.6 Å². The van der Waals surface area contributed by atoms with Crippen LogP contribution < -0.4 is 15.5 Å². The maximum Gasteiger partial charge on any atom is 0.219 e. The fraction of sp³-hybridized carbons (Fsp3) is 0.348. The highest BCUT2D eigenvalue weighted by Crippen LogP contribution is 2.39. The van der Waals surface area contributed by atoms with Gasteiger partial charge in [-0.25, -0.2) is 24.9 Å². The van der Waals surface area contributed by atoms with Crippen molar-refractivity contribution in [3.63, 3.8) is 0 Å². The third-order valence-electron chi connectivity index (χ3n) is 6.11. The summed E-state index contributed by atoms with van der Waals surface area (Å²) < 4.78 is 6.58. The Bertz CT molecular complexity index is 1310. The monoisotopic (exact) mass is 476 g/mol. The van der Waals surface area contributed by atoms with E-state index in [9.17, 15) is 5.11 Å². The molecular weight excluding hydrogens is 452 g/mol. The zero-order valence-corrected chi connectivity index (χ0v) is 19.3. The van der Waals surface area contributed by atoms with Gasteiger partial charge in [0.05, 0.1) is 35.1 Å². The molecule has 174 valence electrons. The highest BCUT2D eigenvalue weighted by atomic mass is 32.1. The molecule has 2 saturated heterocycles. The number of pyridine rings is 1. The minimum absolute atomic E-state index is 0.218. The smallest absolute Gasteiger partial charge is 0.219 e. The van der Waals surface area contributed by atoms with Crippen LogP contribution >= 0.6 is 11.3 Å². The average molecular weight is 477 g/mol. The molecule has 0 radical (unpaired) electrons. The van der Waals surface area contributed by atoms with Gasteiger partial charge in [0.1, 0.15) is 5.82 Å². The van der Waals surface area contributed by atoms with E-state index in [0.717, 1.165) is 63.9 Å². The molecule has 10 nitrogen and oxygen atoms in total. The number of rotatable bonds is 4. The molecule has 1 atom stereocenters. The van der Waals surface area contributed by atoms with Crippen LogP contribution in [0.1, 0.15) is 6.42 Å². The zero-order chi connectivity index (χ0) is 23.1. The van der Waals surface area contributed by atoms with Gasteiger partial charge in [0.2, 0.25) is 5.95 Å². The van der Waals surface area contributed by atoms with Gasteiger partial charge in [-0.3, -0.25) is 0 Å². The van der Waals surface area contributed by atoms with Gasteiger partial charge in [-0.2, -0.15) is 0 Å². The van der Waals surface area contributed by atoms with E-state index in [0.29, 0.717) is 25.6 Å². The molecule has 4 aromatic heterocycles. The molecule has 0 spiro atoms. The molecule has 0 amide bonds. The number of fused-ring (bicyclic) bond motifs is 1. The van der Waals surface area contributed by atoms with Crippen molar-refractivity contribution in [2.75, 3.05) is 54.9 Å². The Morgan fingerprint density at radius 3 is 2.47 bits per heavy atom. The molecule has 0 saturated carbocycles. The number of aromatic nitrogens is 5. The quantitative estimate of drug-likeness (QED) is 0.452. The minimum Gasteiger partial charge on any atom is -0.391 e. The summed E-state index contributed by atoms with van der Waals surface area (Å²) in [7, 11) is 0. The van der Waals surface area contributed by atoms with Crippen LogP contribution in [0.25, 0.3) is 32.0 Å². The predicted octanol–water partition coefficient (Wildman–Crippen LogP) is 2.20. The van der Waals surface area contributed by atoms with Crippen LogP contribution in [-0.2, 0) is 4.74 Å². The topological polar surface area (TPSA) is 126 Å². The standard InChI is InChI=1S/C23H24N8O2S/c24-23-26-11-15(12-27-23)21-28-17-9-18(34-20(17)22(29-21)30-5-7-33-8-6-30)14-1-2-19(25-10-14)31-4-3-16(32)13-31/h1-2,9-12,16,32H,3-8,13H2,(H2,24,26,27). The van der Waals surface area contributed by atoms with Gasteiger partial charge >= 0.3 is 0 Å². The molecule has 2 fully saturated rings. The molecule has 3 N–H and O–H groups in total. The summed E-state index contributed by atoms with van der Waals surface area (Å²) in [6.07, 6.45) is 5.70. The van der Waals surface area contributed by atoms with Crippen LogP contribution in [0, 0.1) is 0 Å². The molecule has 6 rings (SSSR count). The van der Waals surface area contributed by atoms with Gasteiger partial charge in [0.15, 0.2) is 11.6 Å². The van der Waals surface area contributed by atoms with Gasteiger partial charge in [-0.05, 0) is 24.6 Å². The van der Waals surface area contributed by atoms with E-state index >= 15 is 0 Å². The Kier molecular flexibility index (Phi) is 5.44. The summed E-state index contributed by atoms with van der Waals surface area (Å²) in [6, 6.07) is 6.18. The van der Waals surface area contributed by atoms with Gasteiger partial charge in [0, 0.05) is 55.2 Å². The van der Waals surface area contributed by atoms with Crippen molar-refractivity contribution in [1.29, 1.82) is 0 Å². The Hall–Kier alpha value is -3.41. The minimum atomic E-state index is -0.276. The Morgan fingerprint density at radius 1 is 0.971 bits per heavy atom. The second kappa shape index (κ2) is 8.75. The van der Waals surface area contributed by atoms with Crippen LogP contribution in [0.15, 0.2) is 36.8 Å². The summed E-state index contributed by atoms with van der Waals surface area (Å²) in [4.78, 5) is 28.0.